The quantitative estimate of drug-likeness (QED) is 0.878. The highest BCUT2D eigenvalue weighted by Gasteiger charge is 2.20. The number of aromatic nitrogens is 2. The van der Waals surface area contributed by atoms with Crippen molar-refractivity contribution in [1.82, 2.24) is 15.1 Å². The van der Waals surface area contributed by atoms with Gasteiger partial charge < -0.3 is 5.32 Å². The standard InChI is InChI=1S/C14H16BrN3/c1-9-4-3-5-10(2)13(9)18-14(15)11-8-16-7-6-12(11)17-18/h3-5,16H,6-8H2,1-2H3. The number of hydrogen-bond acceptors (Lipinski definition) is 2. The Morgan fingerprint density at radius 3 is 2.67 bits per heavy atom. The zero-order chi connectivity index (χ0) is 12.7. The van der Waals surface area contributed by atoms with E-state index in [0.29, 0.717) is 0 Å². The van der Waals surface area contributed by atoms with E-state index in [9.17, 15) is 0 Å². The highest BCUT2D eigenvalue weighted by atomic mass is 79.9. The van der Waals surface area contributed by atoms with Gasteiger partial charge in [-0.2, -0.15) is 5.10 Å². The van der Waals surface area contributed by atoms with Crippen molar-refractivity contribution in [2.75, 3.05) is 6.54 Å². The van der Waals surface area contributed by atoms with E-state index in [1.54, 1.807) is 0 Å². The molecule has 1 aliphatic heterocycles. The van der Waals surface area contributed by atoms with Crippen molar-refractivity contribution in [2.24, 2.45) is 0 Å². The van der Waals surface area contributed by atoms with Gasteiger partial charge in [-0.25, -0.2) is 4.68 Å². The van der Waals surface area contributed by atoms with Crippen LogP contribution in [0.1, 0.15) is 22.4 Å². The molecular weight excluding hydrogens is 290 g/mol. The first-order valence-electron chi connectivity index (χ1n) is 6.22. The molecule has 0 spiro atoms. The summed E-state index contributed by atoms with van der Waals surface area (Å²) in [5.74, 6) is 0. The highest BCUT2D eigenvalue weighted by molar-refractivity contribution is 9.10. The number of nitrogens with one attached hydrogen (secondary N) is 1. The molecule has 3 rings (SSSR count). The average molecular weight is 306 g/mol. The highest BCUT2D eigenvalue weighted by Crippen LogP contribution is 2.29. The summed E-state index contributed by atoms with van der Waals surface area (Å²) in [5, 5.41) is 8.16. The Hall–Kier alpha value is -1.13. The molecule has 1 aromatic heterocycles. The second-order valence-electron chi connectivity index (χ2n) is 4.80. The van der Waals surface area contributed by atoms with Crippen LogP contribution >= 0.6 is 15.9 Å². The van der Waals surface area contributed by atoms with Gasteiger partial charge in [0.2, 0.25) is 0 Å². The SMILES string of the molecule is Cc1cccc(C)c1-n1nc2c(c1Br)CNCC2. The van der Waals surface area contributed by atoms with Crippen molar-refractivity contribution in [3.8, 4) is 5.69 Å². The minimum absolute atomic E-state index is 0.904. The van der Waals surface area contributed by atoms with Gasteiger partial charge in [-0.15, -0.1) is 0 Å². The lowest BCUT2D eigenvalue weighted by molar-refractivity contribution is 0.634. The molecule has 0 saturated carbocycles. The van der Waals surface area contributed by atoms with Crippen LogP contribution in [0.5, 0.6) is 0 Å². The maximum atomic E-state index is 4.77. The van der Waals surface area contributed by atoms with Crippen LogP contribution in [0.3, 0.4) is 0 Å². The lowest BCUT2D eigenvalue weighted by atomic mass is 10.1. The fourth-order valence-electron chi connectivity index (χ4n) is 2.56. The Morgan fingerprint density at radius 1 is 1.28 bits per heavy atom. The van der Waals surface area contributed by atoms with E-state index in [2.05, 4.69) is 53.3 Å². The van der Waals surface area contributed by atoms with Gasteiger partial charge >= 0.3 is 0 Å². The number of para-hydroxylation sites is 1. The van der Waals surface area contributed by atoms with E-state index in [1.807, 2.05) is 4.68 Å². The molecule has 0 radical (unpaired) electrons. The molecule has 2 aromatic rings. The van der Waals surface area contributed by atoms with Gasteiger partial charge in [0.25, 0.3) is 0 Å². The monoisotopic (exact) mass is 305 g/mol. The summed E-state index contributed by atoms with van der Waals surface area (Å²) in [6, 6.07) is 6.36. The van der Waals surface area contributed by atoms with Crippen LogP contribution in [-0.2, 0) is 13.0 Å². The zero-order valence-electron chi connectivity index (χ0n) is 10.6. The summed E-state index contributed by atoms with van der Waals surface area (Å²) in [4.78, 5) is 0. The van der Waals surface area contributed by atoms with Crippen LogP contribution in [0.4, 0.5) is 0 Å². The fraction of sp³-hybridized carbons (Fsp3) is 0.357. The van der Waals surface area contributed by atoms with E-state index >= 15 is 0 Å². The molecule has 0 unspecified atom stereocenters. The first-order valence-corrected chi connectivity index (χ1v) is 7.01. The fourth-order valence-corrected chi connectivity index (χ4v) is 3.18. The van der Waals surface area contributed by atoms with Crippen molar-refractivity contribution in [3.05, 3.63) is 45.2 Å². The minimum atomic E-state index is 0.904. The van der Waals surface area contributed by atoms with Crippen LogP contribution < -0.4 is 5.32 Å². The molecule has 94 valence electrons. The molecule has 0 bridgehead atoms. The Balaban J connectivity index is 2.21. The van der Waals surface area contributed by atoms with E-state index in [4.69, 9.17) is 5.10 Å². The van der Waals surface area contributed by atoms with E-state index in [1.165, 1.54) is 28.1 Å². The maximum absolute atomic E-state index is 4.77. The first kappa shape index (κ1) is 11.9. The second-order valence-corrected chi connectivity index (χ2v) is 5.55. The predicted octanol–water partition coefficient (Wildman–Crippen LogP) is 2.90. The van der Waals surface area contributed by atoms with E-state index < -0.39 is 0 Å². The number of rotatable bonds is 1. The minimum Gasteiger partial charge on any atom is -0.312 e. The van der Waals surface area contributed by atoms with Crippen molar-refractivity contribution in [3.63, 3.8) is 0 Å². The Kier molecular flexibility index (Phi) is 2.99. The number of fused-ring (bicyclic) bond motifs is 1. The van der Waals surface area contributed by atoms with Crippen molar-refractivity contribution in [1.29, 1.82) is 0 Å². The number of nitrogens with zero attached hydrogens (tertiary/aromatic N) is 2. The molecule has 0 saturated heterocycles. The molecule has 3 nitrogen and oxygen atoms in total. The topological polar surface area (TPSA) is 29.9 Å². The van der Waals surface area contributed by atoms with Crippen LogP contribution in [0.2, 0.25) is 0 Å². The molecule has 0 aliphatic carbocycles. The van der Waals surface area contributed by atoms with E-state index in [-0.39, 0.29) is 0 Å². The van der Waals surface area contributed by atoms with Crippen LogP contribution in [0, 0.1) is 13.8 Å². The molecule has 1 aliphatic rings. The molecule has 18 heavy (non-hydrogen) atoms. The normalized spacial score (nSPS) is 14.6. The number of hydrogen-bond donors (Lipinski definition) is 1. The molecule has 1 aromatic carbocycles. The number of benzene rings is 1. The number of aryl methyl sites for hydroxylation is 2. The van der Waals surface area contributed by atoms with Crippen molar-refractivity contribution >= 4 is 15.9 Å². The van der Waals surface area contributed by atoms with Crippen LogP contribution in [0.15, 0.2) is 22.8 Å². The van der Waals surface area contributed by atoms with Crippen molar-refractivity contribution in [2.45, 2.75) is 26.8 Å². The summed E-state index contributed by atoms with van der Waals surface area (Å²) < 4.78 is 3.13. The lowest BCUT2D eigenvalue weighted by Crippen LogP contribution is -2.23. The predicted molar refractivity (Wildman–Crippen MR) is 76.1 cm³/mol. The molecule has 0 fully saturated rings. The van der Waals surface area contributed by atoms with Gasteiger partial charge in [0.05, 0.1) is 11.4 Å². The first-order chi connectivity index (χ1) is 8.68. The van der Waals surface area contributed by atoms with Gasteiger partial charge in [-0.05, 0) is 40.9 Å². The lowest BCUT2D eigenvalue weighted by Gasteiger charge is -2.11. The number of halogens is 1. The molecule has 2 heterocycles. The van der Waals surface area contributed by atoms with Gasteiger partial charge in [0, 0.05) is 25.1 Å². The molecule has 1 N–H and O–H groups in total. The molecule has 4 heteroatoms. The van der Waals surface area contributed by atoms with Crippen LogP contribution in [-0.4, -0.2) is 16.3 Å². The van der Waals surface area contributed by atoms with Gasteiger partial charge in [0.15, 0.2) is 0 Å². The Morgan fingerprint density at radius 2 is 2.00 bits per heavy atom. The summed E-state index contributed by atoms with van der Waals surface area (Å²) in [6.45, 7) is 6.19. The van der Waals surface area contributed by atoms with Gasteiger partial charge in [-0.1, -0.05) is 18.2 Å². The van der Waals surface area contributed by atoms with Crippen LogP contribution in [0.25, 0.3) is 5.69 Å². The molecule has 0 amide bonds. The zero-order valence-corrected chi connectivity index (χ0v) is 12.2. The van der Waals surface area contributed by atoms with Crippen molar-refractivity contribution < 1.29 is 0 Å². The van der Waals surface area contributed by atoms with Gasteiger partial charge in [0.1, 0.15) is 4.60 Å². The van der Waals surface area contributed by atoms with Gasteiger partial charge in [-0.3, -0.25) is 0 Å². The Bertz CT molecular complexity index is 581. The summed E-state index contributed by atoms with van der Waals surface area (Å²) >= 11 is 3.70. The third kappa shape index (κ3) is 1.80. The molecular formula is C14H16BrN3. The summed E-state index contributed by atoms with van der Waals surface area (Å²) in [6.07, 6.45) is 1.01. The van der Waals surface area contributed by atoms with E-state index in [0.717, 1.165) is 24.1 Å². The average Bonchev–Trinajstić information content (AvgIpc) is 2.68. The largest absolute Gasteiger partial charge is 0.312 e. The summed E-state index contributed by atoms with van der Waals surface area (Å²) in [5.41, 5.74) is 6.21. The maximum Gasteiger partial charge on any atom is 0.114 e. The molecule has 0 atom stereocenters. The second kappa shape index (κ2) is 4.52. The third-order valence-electron chi connectivity index (χ3n) is 3.50. The Labute approximate surface area is 115 Å². The smallest absolute Gasteiger partial charge is 0.114 e. The third-order valence-corrected chi connectivity index (χ3v) is 4.31. The summed E-state index contributed by atoms with van der Waals surface area (Å²) in [7, 11) is 0.